The van der Waals surface area contributed by atoms with Crippen molar-refractivity contribution in [3.63, 3.8) is 0 Å². The van der Waals surface area contributed by atoms with Gasteiger partial charge in [-0.15, -0.1) is 0 Å². The summed E-state index contributed by atoms with van der Waals surface area (Å²) in [6.07, 6.45) is 2.25. The molecule has 1 unspecified atom stereocenters. The van der Waals surface area contributed by atoms with Crippen molar-refractivity contribution in [2.24, 2.45) is 11.3 Å². The normalized spacial score (nSPS) is 20.7. The van der Waals surface area contributed by atoms with E-state index in [4.69, 9.17) is 0 Å². The van der Waals surface area contributed by atoms with Crippen LogP contribution in [0, 0.1) is 18.3 Å². The first-order chi connectivity index (χ1) is 8.50. The zero-order valence-corrected chi connectivity index (χ0v) is 11.3. The standard InChI is InChI=1S/C13H22N4O/c1-9-7-11(17-16-9)15-12(18)13(2,3)10-5-4-6-14-8-10/h7,10,14H,4-6,8H2,1-3H3,(H2,15,16,17,18). The highest BCUT2D eigenvalue weighted by molar-refractivity contribution is 5.94. The van der Waals surface area contributed by atoms with Gasteiger partial charge in [-0.05, 0) is 38.8 Å². The van der Waals surface area contributed by atoms with Crippen molar-refractivity contribution in [1.82, 2.24) is 15.5 Å². The van der Waals surface area contributed by atoms with Crippen molar-refractivity contribution in [3.8, 4) is 0 Å². The summed E-state index contributed by atoms with van der Waals surface area (Å²) in [6.45, 7) is 7.92. The van der Waals surface area contributed by atoms with Gasteiger partial charge in [-0.1, -0.05) is 13.8 Å². The second-order valence-corrected chi connectivity index (χ2v) is 5.66. The van der Waals surface area contributed by atoms with E-state index in [1.54, 1.807) is 0 Å². The van der Waals surface area contributed by atoms with Crippen LogP contribution in [-0.2, 0) is 4.79 Å². The lowest BCUT2D eigenvalue weighted by Crippen LogP contribution is -2.44. The van der Waals surface area contributed by atoms with Gasteiger partial charge in [0.15, 0.2) is 5.82 Å². The van der Waals surface area contributed by atoms with E-state index < -0.39 is 0 Å². The Bertz CT molecular complexity index is 418. The van der Waals surface area contributed by atoms with E-state index in [0.717, 1.165) is 31.6 Å². The number of aryl methyl sites for hydroxylation is 1. The molecule has 2 rings (SSSR count). The van der Waals surface area contributed by atoms with Crippen molar-refractivity contribution in [2.75, 3.05) is 18.4 Å². The first-order valence-electron chi connectivity index (χ1n) is 6.54. The van der Waals surface area contributed by atoms with Crippen LogP contribution < -0.4 is 10.6 Å². The topological polar surface area (TPSA) is 69.8 Å². The van der Waals surface area contributed by atoms with E-state index >= 15 is 0 Å². The summed E-state index contributed by atoms with van der Waals surface area (Å²) >= 11 is 0. The molecule has 0 aromatic carbocycles. The van der Waals surface area contributed by atoms with Gasteiger partial charge in [-0.3, -0.25) is 9.89 Å². The number of rotatable bonds is 3. The molecule has 1 aliphatic rings. The van der Waals surface area contributed by atoms with Gasteiger partial charge < -0.3 is 10.6 Å². The lowest BCUT2D eigenvalue weighted by atomic mass is 9.74. The SMILES string of the molecule is Cc1cc(NC(=O)C(C)(C)C2CCCNC2)n[nH]1. The van der Waals surface area contributed by atoms with Gasteiger partial charge in [0, 0.05) is 17.2 Å². The summed E-state index contributed by atoms with van der Waals surface area (Å²) in [5, 5.41) is 13.1. The summed E-state index contributed by atoms with van der Waals surface area (Å²) in [5.41, 5.74) is 0.572. The molecule has 1 fully saturated rings. The molecule has 3 N–H and O–H groups in total. The molecule has 100 valence electrons. The van der Waals surface area contributed by atoms with E-state index in [-0.39, 0.29) is 11.3 Å². The summed E-state index contributed by atoms with van der Waals surface area (Å²) in [6, 6.07) is 1.84. The van der Waals surface area contributed by atoms with Gasteiger partial charge in [0.25, 0.3) is 0 Å². The number of carbonyl (C=O) groups is 1. The summed E-state index contributed by atoms with van der Waals surface area (Å²) in [4.78, 5) is 12.3. The Morgan fingerprint density at radius 3 is 2.89 bits per heavy atom. The zero-order valence-electron chi connectivity index (χ0n) is 11.3. The second kappa shape index (κ2) is 5.10. The van der Waals surface area contributed by atoms with Gasteiger partial charge in [0.05, 0.1) is 0 Å². The molecular weight excluding hydrogens is 228 g/mol. The minimum absolute atomic E-state index is 0.0442. The molecule has 1 aromatic heterocycles. The number of aromatic nitrogens is 2. The number of hydrogen-bond donors (Lipinski definition) is 3. The molecule has 1 aromatic rings. The molecule has 0 spiro atoms. The molecular formula is C13H22N4O. The lowest BCUT2D eigenvalue weighted by molar-refractivity contribution is -0.127. The minimum Gasteiger partial charge on any atom is -0.316 e. The van der Waals surface area contributed by atoms with Crippen LogP contribution in [0.4, 0.5) is 5.82 Å². The van der Waals surface area contributed by atoms with Crippen LogP contribution in [-0.4, -0.2) is 29.2 Å². The Hall–Kier alpha value is -1.36. The van der Waals surface area contributed by atoms with Gasteiger partial charge in [0.2, 0.25) is 5.91 Å². The molecule has 5 heteroatoms. The molecule has 0 aliphatic carbocycles. The number of H-pyrrole nitrogens is 1. The molecule has 1 amide bonds. The van der Waals surface area contributed by atoms with E-state index in [1.165, 1.54) is 0 Å². The van der Waals surface area contributed by atoms with Crippen molar-refractivity contribution < 1.29 is 4.79 Å². The predicted molar refractivity (Wildman–Crippen MR) is 71.3 cm³/mol. The number of piperidine rings is 1. The van der Waals surface area contributed by atoms with Crippen LogP contribution in [0.1, 0.15) is 32.4 Å². The zero-order chi connectivity index (χ0) is 13.2. The number of amides is 1. The van der Waals surface area contributed by atoms with Crippen LogP contribution in [0.5, 0.6) is 0 Å². The van der Waals surface area contributed by atoms with Crippen molar-refractivity contribution in [2.45, 2.75) is 33.6 Å². The molecule has 2 heterocycles. The van der Waals surface area contributed by atoms with Crippen LogP contribution in [0.3, 0.4) is 0 Å². The third kappa shape index (κ3) is 2.72. The number of aromatic amines is 1. The highest BCUT2D eigenvalue weighted by Gasteiger charge is 2.37. The maximum atomic E-state index is 12.3. The van der Waals surface area contributed by atoms with Gasteiger partial charge in [-0.25, -0.2) is 0 Å². The number of nitrogens with one attached hydrogen (secondary N) is 3. The Morgan fingerprint density at radius 2 is 2.33 bits per heavy atom. The van der Waals surface area contributed by atoms with Crippen molar-refractivity contribution in [1.29, 1.82) is 0 Å². The average molecular weight is 250 g/mol. The van der Waals surface area contributed by atoms with E-state index in [9.17, 15) is 4.79 Å². The van der Waals surface area contributed by atoms with Gasteiger partial charge >= 0.3 is 0 Å². The fraction of sp³-hybridized carbons (Fsp3) is 0.692. The van der Waals surface area contributed by atoms with Crippen LogP contribution in [0.25, 0.3) is 0 Å². The highest BCUT2D eigenvalue weighted by atomic mass is 16.2. The molecule has 18 heavy (non-hydrogen) atoms. The third-order valence-corrected chi connectivity index (χ3v) is 3.85. The second-order valence-electron chi connectivity index (χ2n) is 5.66. The van der Waals surface area contributed by atoms with Gasteiger partial charge in [0.1, 0.15) is 0 Å². The fourth-order valence-electron chi connectivity index (χ4n) is 2.41. The Labute approximate surface area is 108 Å². The van der Waals surface area contributed by atoms with Crippen LogP contribution >= 0.6 is 0 Å². The Morgan fingerprint density at radius 1 is 1.56 bits per heavy atom. The average Bonchev–Trinajstić information content (AvgIpc) is 2.76. The number of nitrogens with zero attached hydrogens (tertiary/aromatic N) is 1. The molecule has 1 atom stereocenters. The van der Waals surface area contributed by atoms with Crippen LogP contribution in [0.15, 0.2) is 6.07 Å². The molecule has 1 saturated heterocycles. The van der Waals surface area contributed by atoms with Crippen molar-refractivity contribution >= 4 is 11.7 Å². The molecule has 5 nitrogen and oxygen atoms in total. The molecule has 0 bridgehead atoms. The van der Waals surface area contributed by atoms with E-state index in [1.807, 2.05) is 26.8 Å². The van der Waals surface area contributed by atoms with E-state index in [2.05, 4.69) is 20.8 Å². The summed E-state index contributed by atoms with van der Waals surface area (Å²) < 4.78 is 0. The molecule has 0 saturated carbocycles. The smallest absolute Gasteiger partial charge is 0.231 e. The molecule has 0 radical (unpaired) electrons. The number of hydrogen-bond acceptors (Lipinski definition) is 3. The molecule has 1 aliphatic heterocycles. The Balaban J connectivity index is 2.02. The maximum Gasteiger partial charge on any atom is 0.231 e. The van der Waals surface area contributed by atoms with Crippen LogP contribution in [0.2, 0.25) is 0 Å². The lowest BCUT2D eigenvalue weighted by Gasteiger charge is -2.35. The fourth-order valence-corrected chi connectivity index (χ4v) is 2.41. The first-order valence-corrected chi connectivity index (χ1v) is 6.54. The predicted octanol–water partition coefficient (Wildman–Crippen LogP) is 1.68. The Kier molecular flexibility index (Phi) is 3.71. The maximum absolute atomic E-state index is 12.3. The quantitative estimate of drug-likeness (QED) is 0.764. The first kappa shape index (κ1) is 13.1. The summed E-state index contributed by atoms with van der Waals surface area (Å²) in [7, 11) is 0. The van der Waals surface area contributed by atoms with Crippen molar-refractivity contribution in [3.05, 3.63) is 11.8 Å². The minimum atomic E-state index is -0.375. The van der Waals surface area contributed by atoms with E-state index in [0.29, 0.717) is 11.7 Å². The largest absolute Gasteiger partial charge is 0.316 e. The highest BCUT2D eigenvalue weighted by Crippen LogP contribution is 2.32. The van der Waals surface area contributed by atoms with Gasteiger partial charge in [-0.2, -0.15) is 5.10 Å². The number of anilines is 1. The monoisotopic (exact) mass is 250 g/mol. The number of carbonyl (C=O) groups excluding carboxylic acids is 1. The summed E-state index contributed by atoms with van der Waals surface area (Å²) in [5.74, 6) is 1.03. The third-order valence-electron chi connectivity index (χ3n) is 3.85.